The zero-order valence-electron chi connectivity index (χ0n) is 24.0. The molecule has 0 aliphatic heterocycles. The average Bonchev–Trinajstić information content (AvgIpc) is 3.03. The lowest BCUT2D eigenvalue weighted by atomic mass is 10.2. The smallest absolute Gasteiger partial charge is 0.407 e. The van der Waals surface area contributed by atoms with E-state index in [0.717, 1.165) is 30.4 Å². The Hall–Kier alpha value is -5.61. The van der Waals surface area contributed by atoms with Crippen LogP contribution >= 0.6 is 0 Å². The molecule has 2 aromatic rings. The highest BCUT2D eigenvalue weighted by Gasteiger charge is 2.17. The van der Waals surface area contributed by atoms with Gasteiger partial charge < -0.3 is 31.3 Å². The highest BCUT2D eigenvalue weighted by molar-refractivity contribution is 5.90. The van der Waals surface area contributed by atoms with Crippen molar-refractivity contribution in [3.63, 3.8) is 0 Å². The molecule has 0 unspecified atom stereocenters. The molecule has 0 aliphatic rings. The van der Waals surface area contributed by atoms with E-state index in [1.165, 1.54) is 18.2 Å². The minimum Gasteiger partial charge on any atom is -0.442 e. The summed E-state index contributed by atoms with van der Waals surface area (Å²) in [5.41, 5.74) is 2.49. The van der Waals surface area contributed by atoms with E-state index in [1.54, 1.807) is 48.5 Å². The first kappa shape index (κ1) is 34.6. The van der Waals surface area contributed by atoms with Crippen molar-refractivity contribution in [2.24, 2.45) is 15.0 Å². The van der Waals surface area contributed by atoms with Crippen molar-refractivity contribution < 1.29 is 33.5 Å². The normalized spacial score (nSPS) is 10.5. The number of carbonyl (C=O) groups is 3. The molecular formula is C29H34N8O7. The number of hydrogen-bond acceptors (Lipinski definition) is 10. The van der Waals surface area contributed by atoms with Crippen LogP contribution in [0.15, 0.2) is 63.5 Å². The predicted octanol–water partition coefficient (Wildman–Crippen LogP) is 3.29. The molecule has 5 N–H and O–H groups in total. The topological polar surface area (TPSA) is 209 Å². The van der Waals surface area contributed by atoms with Gasteiger partial charge in [-0.05, 0) is 48.2 Å². The van der Waals surface area contributed by atoms with Crippen molar-refractivity contribution in [1.29, 1.82) is 0 Å². The largest absolute Gasteiger partial charge is 0.442 e. The Morgan fingerprint density at radius 2 is 1.11 bits per heavy atom. The van der Waals surface area contributed by atoms with Gasteiger partial charge in [0, 0.05) is 17.9 Å². The van der Waals surface area contributed by atoms with E-state index >= 15 is 0 Å². The number of isocyanates is 3. The molecular weight excluding hydrogens is 572 g/mol. The number of nitrogens with zero attached hydrogens (tertiary/aromatic N) is 3. The number of aliphatic imine (C=N–C) groups is 3. The van der Waals surface area contributed by atoms with Crippen molar-refractivity contribution >= 4 is 47.8 Å². The Morgan fingerprint density at radius 3 is 1.59 bits per heavy atom. The zero-order valence-corrected chi connectivity index (χ0v) is 24.0. The second kappa shape index (κ2) is 21.1. The van der Waals surface area contributed by atoms with Crippen LogP contribution in [0.5, 0.6) is 0 Å². The zero-order chi connectivity index (χ0) is 31.8. The molecule has 0 heterocycles. The Balaban J connectivity index is 1.87. The number of urea groups is 2. The van der Waals surface area contributed by atoms with Crippen LogP contribution in [0, 0.1) is 0 Å². The van der Waals surface area contributed by atoms with Crippen molar-refractivity contribution in [1.82, 2.24) is 16.0 Å². The number of ether oxygens (including phenoxy) is 1. The molecule has 15 heteroatoms. The van der Waals surface area contributed by atoms with Gasteiger partial charge in [0.1, 0.15) is 6.10 Å². The van der Waals surface area contributed by atoms with Crippen molar-refractivity contribution in [2.75, 3.05) is 36.8 Å². The third kappa shape index (κ3) is 15.4. The summed E-state index contributed by atoms with van der Waals surface area (Å²) in [6.45, 7) is 0.896. The highest BCUT2D eigenvalue weighted by Crippen LogP contribution is 2.11. The number of rotatable bonds is 18. The van der Waals surface area contributed by atoms with Gasteiger partial charge in [-0.2, -0.15) is 0 Å². The summed E-state index contributed by atoms with van der Waals surface area (Å²) in [7, 11) is 0. The number of benzene rings is 2. The van der Waals surface area contributed by atoms with Crippen molar-refractivity contribution in [3.8, 4) is 0 Å². The van der Waals surface area contributed by atoms with Crippen LogP contribution in [0.2, 0.25) is 0 Å². The average molecular weight is 607 g/mol. The van der Waals surface area contributed by atoms with E-state index in [-0.39, 0.29) is 26.2 Å². The molecule has 44 heavy (non-hydrogen) atoms. The van der Waals surface area contributed by atoms with Crippen LogP contribution in [0.3, 0.4) is 0 Å². The summed E-state index contributed by atoms with van der Waals surface area (Å²) in [6, 6.07) is 12.2. The van der Waals surface area contributed by atoms with E-state index in [0.29, 0.717) is 30.9 Å². The van der Waals surface area contributed by atoms with E-state index in [9.17, 15) is 28.8 Å². The summed E-state index contributed by atoms with van der Waals surface area (Å²) in [6.07, 6.45) is 5.88. The number of carbonyl (C=O) groups excluding carboxylic acids is 6. The molecule has 0 fully saturated rings. The number of anilines is 2. The second-order valence-corrected chi connectivity index (χ2v) is 9.22. The molecule has 0 saturated carbocycles. The first-order valence-corrected chi connectivity index (χ1v) is 13.8. The highest BCUT2D eigenvalue weighted by atomic mass is 16.6. The van der Waals surface area contributed by atoms with E-state index in [1.807, 2.05) is 0 Å². The van der Waals surface area contributed by atoms with Gasteiger partial charge in [-0.3, -0.25) is 0 Å². The van der Waals surface area contributed by atoms with Gasteiger partial charge in [0.15, 0.2) is 0 Å². The molecule has 0 aromatic heterocycles. The fourth-order valence-electron chi connectivity index (χ4n) is 3.65. The fraction of sp³-hybridized carbons (Fsp3) is 0.379. The minimum atomic E-state index is -0.917. The summed E-state index contributed by atoms with van der Waals surface area (Å²) in [4.78, 5) is 78.4. The number of nitrogens with one attached hydrogen (secondary N) is 5. The number of amides is 5. The van der Waals surface area contributed by atoms with E-state index in [2.05, 4.69) is 41.6 Å². The third-order valence-corrected chi connectivity index (χ3v) is 5.86. The monoisotopic (exact) mass is 606 g/mol. The number of unbranched alkanes of at least 4 members (excludes halogenated alkanes) is 3. The van der Waals surface area contributed by atoms with Crippen LogP contribution in [-0.4, -0.2) is 68.7 Å². The van der Waals surface area contributed by atoms with E-state index < -0.39 is 24.3 Å². The van der Waals surface area contributed by atoms with Crippen molar-refractivity contribution in [3.05, 3.63) is 59.7 Å². The van der Waals surface area contributed by atoms with Crippen LogP contribution < -0.4 is 26.6 Å². The molecule has 0 aliphatic carbocycles. The quantitative estimate of drug-likeness (QED) is 0.0970. The van der Waals surface area contributed by atoms with Gasteiger partial charge in [0.2, 0.25) is 18.2 Å². The predicted molar refractivity (Wildman–Crippen MR) is 160 cm³/mol. The lowest BCUT2D eigenvalue weighted by Gasteiger charge is -2.20. The SMILES string of the molecule is O=C=NCCCCCCNC(=O)OC(CNC(=O)Nc1ccc(CN=C=O)cc1)CNC(=O)Nc1ccc(CN=C=O)cc1. The molecule has 0 atom stereocenters. The summed E-state index contributed by atoms with van der Waals surface area (Å²) in [5, 5.41) is 13.2. The molecule has 15 nitrogen and oxygen atoms in total. The molecule has 2 rings (SSSR count). The summed E-state index contributed by atoms with van der Waals surface area (Å²) < 4.78 is 5.44. The second-order valence-electron chi connectivity index (χ2n) is 9.22. The molecule has 232 valence electrons. The Labute approximate surface area is 253 Å². The molecule has 0 radical (unpaired) electrons. The summed E-state index contributed by atoms with van der Waals surface area (Å²) >= 11 is 0. The fourth-order valence-corrected chi connectivity index (χ4v) is 3.65. The maximum atomic E-state index is 12.5. The molecule has 0 saturated heterocycles. The molecule has 0 bridgehead atoms. The third-order valence-electron chi connectivity index (χ3n) is 5.86. The Morgan fingerprint density at radius 1 is 0.636 bits per heavy atom. The van der Waals surface area contributed by atoms with Gasteiger partial charge in [-0.15, -0.1) is 0 Å². The molecule has 2 aromatic carbocycles. The van der Waals surface area contributed by atoms with E-state index in [4.69, 9.17) is 4.74 Å². The van der Waals surface area contributed by atoms with Crippen LogP contribution in [0.1, 0.15) is 36.8 Å². The van der Waals surface area contributed by atoms with Gasteiger partial charge in [0.25, 0.3) is 0 Å². The number of hydrogen-bond donors (Lipinski definition) is 5. The number of alkyl carbamates (subject to hydrolysis) is 1. The van der Waals surface area contributed by atoms with Gasteiger partial charge in [-0.25, -0.2) is 43.7 Å². The lowest BCUT2D eigenvalue weighted by molar-refractivity contribution is 0.0982. The first-order valence-electron chi connectivity index (χ1n) is 13.8. The van der Waals surface area contributed by atoms with Crippen LogP contribution in [-0.2, 0) is 32.2 Å². The standard InChI is InChI=1S/C29H34N8O7/c38-19-30-13-3-1-2-4-14-33-29(43)44-26(17-34-27(41)36-24-9-5-22(6-10-24)15-31-20-39)18-35-28(42)37-25-11-7-23(8-12-25)16-32-21-40/h5-12,26H,1-4,13-18H2,(H,33,43)(H2,34,36,41)(H2,35,37,42). The van der Waals surface area contributed by atoms with Crippen LogP contribution in [0.4, 0.5) is 25.8 Å². The van der Waals surface area contributed by atoms with Crippen LogP contribution in [0.25, 0.3) is 0 Å². The first-order chi connectivity index (χ1) is 21.4. The summed E-state index contributed by atoms with van der Waals surface area (Å²) in [5.74, 6) is 0. The maximum Gasteiger partial charge on any atom is 0.407 e. The van der Waals surface area contributed by atoms with Gasteiger partial charge in [0.05, 0.1) is 32.7 Å². The Bertz CT molecular complexity index is 1270. The van der Waals surface area contributed by atoms with Crippen molar-refractivity contribution in [2.45, 2.75) is 44.9 Å². The van der Waals surface area contributed by atoms with Gasteiger partial charge in [-0.1, -0.05) is 37.1 Å². The molecule has 5 amide bonds. The van der Waals surface area contributed by atoms with Gasteiger partial charge >= 0.3 is 18.2 Å². The Kier molecular flexibility index (Phi) is 16.6. The minimum absolute atomic E-state index is 0.116. The maximum absolute atomic E-state index is 12.5. The lowest BCUT2D eigenvalue weighted by Crippen LogP contribution is -2.45. The molecule has 0 spiro atoms.